The van der Waals surface area contributed by atoms with Crippen LogP contribution in [-0.2, 0) is 11.8 Å². The highest BCUT2D eigenvalue weighted by molar-refractivity contribution is 5.90. The van der Waals surface area contributed by atoms with Crippen LogP contribution in [0.15, 0.2) is 42.6 Å². The van der Waals surface area contributed by atoms with Gasteiger partial charge in [-0.15, -0.1) is 0 Å². The summed E-state index contributed by atoms with van der Waals surface area (Å²) in [5.41, 5.74) is 4.63. The molecule has 1 aromatic heterocycles. The lowest BCUT2D eigenvalue weighted by atomic mass is 9.88. The quantitative estimate of drug-likeness (QED) is 0.663. The Morgan fingerprint density at radius 3 is 2.53 bits per heavy atom. The first-order valence-corrected chi connectivity index (χ1v) is 11.7. The van der Waals surface area contributed by atoms with Gasteiger partial charge in [0.1, 0.15) is 11.9 Å². The van der Waals surface area contributed by atoms with E-state index in [0.29, 0.717) is 18.9 Å². The van der Waals surface area contributed by atoms with E-state index in [1.807, 2.05) is 17.9 Å². The molecule has 6 nitrogen and oxygen atoms in total. The number of amides is 1. The lowest BCUT2D eigenvalue weighted by Gasteiger charge is -2.29. The molecule has 6 heteroatoms. The molecule has 5 rings (SSSR count). The van der Waals surface area contributed by atoms with E-state index >= 15 is 0 Å². The van der Waals surface area contributed by atoms with Crippen molar-refractivity contribution in [3.05, 3.63) is 48.2 Å². The van der Waals surface area contributed by atoms with Gasteiger partial charge in [0.05, 0.1) is 10.9 Å². The number of carbonyl (C=O) groups is 1. The fraction of sp³-hybridized carbons (Fsp3) is 0.462. The van der Waals surface area contributed by atoms with Crippen molar-refractivity contribution >= 4 is 16.8 Å². The largest absolute Gasteiger partial charge is 0.490 e. The minimum atomic E-state index is -0.0561. The minimum Gasteiger partial charge on any atom is -0.490 e. The zero-order valence-electron chi connectivity index (χ0n) is 19.2. The topological polar surface area (TPSA) is 59.4 Å². The molecule has 1 N–H and O–H groups in total. The summed E-state index contributed by atoms with van der Waals surface area (Å²) < 4.78 is 8.24. The number of benzene rings is 2. The van der Waals surface area contributed by atoms with E-state index in [1.54, 1.807) is 0 Å². The van der Waals surface area contributed by atoms with Crippen LogP contribution in [0.2, 0.25) is 0 Å². The van der Waals surface area contributed by atoms with Crippen LogP contribution in [0.4, 0.5) is 0 Å². The van der Waals surface area contributed by atoms with E-state index in [9.17, 15) is 4.79 Å². The van der Waals surface area contributed by atoms with E-state index in [0.717, 1.165) is 22.2 Å². The molecular weight excluding hydrogens is 400 g/mol. The van der Waals surface area contributed by atoms with Crippen LogP contribution in [0.1, 0.15) is 37.7 Å². The lowest BCUT2D eigenvalue weighted by Crippen LogP contribution is -2.29. The van der Waals surface area contributed by atoms with E-state index in [4.69, 9.17) is 4.74 Å². The molecule has 2 unspecified atom stereocenters. The van der Waals surface area contributed by atoms with E-state index in [2.05, 4.69) is 65.7 Å². The van der Waals surface area contributed by atoms with Crippen LogP contribution in [-0.4, -0.2) is 53.4 Å². The average Bonchev–Trinajstić information content (AvgIpc) is 3.39. The summed E-state index contributed by atoms with van der Waals surface area (Å²) in [5.74, 6) is 1.78. The highest BCUT2D eigenvalue weighted by Crippen LogP contribution is 2.35. The zero-order chi connectivity index (χ0) is 22.2. The van der Waals surface area contributed by atoms with Gasteiger partial charge in [0.2, 0.25) is 5.91 Å². The van der Waals surface area contributed by atoms with Gasteiger partial charge in [-0.25, -0.2) is 0 Å². The number of nitrogens with one attached hydrogen (secondary N) is 1. The number of fused-ring (bicyclic) bond motifs is 1. The molecule has 32 heavy (non-hydrogen) atoms. The Hall–Kier alpha value is -2.86. The molecule has 3 heterocycles. The SMILES string of the molecule is CC(Oc1cc(-c2ccc(C3CCN(C)CC3)cc2)cc2nn(C)cc12)C1CNC(=O)C1. The number of aromatic nitrogens is 2. The van der Waals surface area contributed by atoms with Gasteiger partial charge in [0.15, 0.2) is 0 Å². The Bertz CT molecular complexity index is 1110. The van der Waals surface area contributed by atoms with Crippen molar-refractivity contribution in [1.29, 1.82) is 0 Å². The summed E-state index contributed by atoms with van der Waals surface area (Å²) in [4.78, 5) is 14.1. The molecule has 2 fully saturated rings. The third-order valence-corrected chi connectivity index (χ3v) is 7.12. The molecule has 2 aliphatic heterocycles. The molecule has 2 aliphatic rings. The predicted molar refractivity (Wildman–Crippen MR) is 127 cm³/mol. The standard InChI is InChI=1S/C26H32N4O2/c1-17(22-14-26(31)27-15-22)32-25-13-21(12-24-23(25)16-30(3)28-24)19-6-4-18(5-7-19)20-8-10-29(2)11-9-20/h4-7,12-13,16-17,20,22H,8-11,14-15H2,1-3H3,(H,27,31). The number of hydrogen-bond donors (Lipinski definition) is 1. The molecule has 2 aromatic carbocycles. The Labute approximate surface area is 189 Å². The summed E-state index contributed by atoms with van der Waals surface area (Å²) in [6.45, 7) is 5.07. The Balaban J connectivity index is 1.42. The van der Waals surface area contributed by atoms with Gasteiger partial charge >= 0.3 is 0 Å². The molecule has 2 atom stereocenters. The molecule has 0 spiro atoms. The number of hydrogen-bond acceptors (Lipinski definition) is 4. The number of aryl methyl sites for hydroxylation is 1. The first-order valence-electron chi connectivity index (χ1n) is 11.7. The molecule has 0 saturated carbocycles. The highest BCUT2D eigenvalue weighted by atomic mass is 16.5. The summed E-state index contributed by atoms with van der Waals surface area (Å²) in [7, 11) is 4.14. The van der Waals surface area contributed by atoms with Gasteiger partial charge in [-0.05, 0) is 74.6 Å². The predicted octanol–water partition coefficient (Wildman–Crippen LogP) is 3.95. The summed E-state index contributed by atoms with van der Waals surface area (Å²) in [5, 5.41) is 8.55. The van der Waals surface area contributed by atoms with Crippen molar-refractivity contribution in [3.63, 3.8) is 0 Å². The number of carbonyl (C=O) groups excluding carboxylic acids is 1. The second kappa shape index (κ2) is 8.58. The van der Waals surface area contributed by atoms with Crippen molar-refractivity contribution in [2.75, 3.05) is 26.7 Å². The van der Waals surface area contributed by atoms with Crippen LogP contribution in [0.25, 0.3) is 22.0 Å². The number of likely N-dealkylation sites (tertiary alicyclic amines) is 1. The van der Waals surface area contributed by atoms with E-state index in [1.165, 1.54) is 37.1 Å². The van der Waals surface area contributed by atoms with E-state index in [-0.39, 0.29) is 17.9 Å². The molecule has 1 amide bonds. The molecule has 0 aliphatic carbocycles. The lowest BCUT2D eigenvalue weighted by molar-refractivity contribution is -0.119. The normalized spacial score (nSPS) is 21.1. The molecule has 2 saturated heterocycles. The van der Waals surface area contributed by atoms with Crippen LogP contribution in [0.3, 0.4) is 0 Å². The smallest absolute Gasteiger partial charge is 0.220 e. The van der Waals surface area contributed by atoms with Gasteiger partial charge in [-0.2, -0.15) is 5.10 Å². The first-order chi connectivity index (χ1) is 15.5. The van der Waals surface area contributed by atoms with Crippen LogP contribution < -0.4 is 10.1 Å². The maximum Gasteiger partial charge on any atom is 0.220 e. The van der Waals surface area contributed by atoms with Gasteiger partial charge in [-0.1, -0.05) is 24.3 Å². The van der Waals surface area contributed by atoms with Crippen molar-refractivity contribution < 1.29 is 9.53 Å². The first kappa shape index (κ1) is 21.0. The molecular formula is C26H32N4O2. The fourth-order valence-corrected chi connectivity index (χ4v) is 5.02. The molecule has 3 aromatic rings. The van der Waals surface area contributed by atoms with Crippen molar-refractivity contribution in [2.24, 2.45) is 13.0 Å². The number of ether oxygens (including phenoxy) is 1. The third kappa shape index (κ3) is 4.24. The zero-order valence-corrected chi connectivity index (χ0v) is 19.2. The van der Waals surface area contributed by atoms with Crippen molar-refractivity contribution in [3.8, 4) is 16.9 Å². The van der Waals surface area contributed by atoms with E-state index < -0.39 is 0 Å². The summed E-state index contributed by atoms with van der Waals surface area (Å²) in [6.07, 6.45) is 4.92. The second-order valence-electron chi connectivity index (χ2n) is 9.50. The summed E-state index contributed by atoms with van der Waals surface area (Å²) in [6, 6.07) is 13.3. The molecule has 168 valence electrons. The number of rotatable bonds is 5. The van der Waals surface area contributed by atoms with Gasteiger partial charge in [0.25, 0.3) is 0 Å². The number of nitrogens with zero attached hydrogens (tertiary/aromatic N) is 3. The Morgan fingerprint density at radius 2 is 1.84 bits per heavy atom. The minimum absolute atomic E-state index is 0.0561. The Morgan fingerprint density at radius 1 is 1.09 bits per heavy atom. The number of piperidine rings is 1. The maximum absolute atomic E-state index is 11.6. The van der Waals surface area contributed by atoms with Gasteiger partial charge < -0.3 is 15.0 Å². The average molecular weight is 433 g/mol. The summed E-state index contributed by atoms with van der Waals surface area (Å²) >= 11 is 0. The molecule has 0 bridgehead atoms. The van der Waals surface area contributed by atoms with Crippen LogP contribution >= 0.6 is 0 Å². The third-order valence-electron chi connectivity index (χ3n) is 7.12. The van der Waals surface area contributed by atoms with Crippen LogP contribution in [0.5, 0.6) is 5.75 Å². The Kier molecular flexibility index (Phi) is 5.64. The van der Waals surface area contributed by atoms with Crippen LogP contribution in [0, 0.1) is 5.92 Å². The fourth-order valence-electron chi connectivity index (χ4n) is 5.02. The maximum atomic E-state index is 11.6. The second-order valence-corrected chi connectivity index (χ2v) is 9.50. The van der Waals surface area contributed by atoms with Crippen molar-refractivity contribution in [1.82, 2.24) is 20.0 Å². The monoisotopic (exact) mass is 432 g/mol. The van der Waals surface area contributed by atoms with Crippen molar-refractivity contribution in [2.45, 2.75) is 38.2 Å². The van der Waals surface area contributed by atoms with Gasteiger partial charge in [0, 0.05) is 32.1 Å². The highest BCUT2D eigenvalue weighted by Gasteiger charge is 2.28. The van der Waals surface area contributed by atoms with Gasteiger partial charge in [-0.3, -0.25) is 9.48 Å². The molecule has 0 radical (unpaired) electrons.